The highest BCUT2D eigenvalue weighted by Crippen LogP contribution is 2.19. The van der Waals surface area contributed by atoms with Gasteiger partial charge in [0, 0.05) is 5.92 Å². The van der Waals surface area contributed by atoms with E-state index in [2.05, 4.69) is 0 Å². The molecule has 0 aromatic rings. The van der Waals surface area contributed by atoms with Crippen LogP contribution in [0, 0.1) is 5.92 Å². The second kappa shape index (κ2) is 5.78. The number of carbonyl (C=O) groups excluding carboxylic acids is 2. The second-order valence-corrected chi connectivity index (χ2v) is 3.08. The van der Waals surface area contributed by atoms with Crippen molar-refractivity contribution >= 4 is 12.2 Å². The molecule has 0 aliphatic heterocycles. The fraction of sp³-hybridized carbons (Fsp3) is 0.250. The number of aldehydes is 1. The van der Waals surface area contributed by atoms with Gasteiger partial charge in [-0.25, -0.2) is 4.79 Å². The van der Waals surface area contributed by atoms with E-state index in [1.165, 1.54) is 13.2 Å². The average Bonchev–Trinajstić information content (AvgIpc) is 2.31. The number of rotatable bonds is 4. The molecular formula is C12H12O3. The number of hydrogen-bond acceptors (Lipinski definition) is 3. The molecule has 1 unspecified atom stereocenters. The first kappa shape index (κ1) is 11.2. The predicted octanol–water partition coefficient (Wildman–Crippen LogP) is 1.61. The molecule has 15 heavy (non-hydrogen) atoms. The molecule has 1 rings (SSSR count). The highest BCUT2D eigenvalue weighted by Gasteiger charge is 2.11. The van der Waals surface area contributed by atoms with Gasteiger partial charge in [0.25, 0.3) is 0 Å². The SMILES string of the molecule is COC(=C=O)/C=C/C1=CC=CCC1C=O. The first-order valence-corrected chi connectivity index (χ1v) is 4.61. The molecule has 0 spiro atoms. The summed E-state index contributed by atoms with van der Waals surface area (Å²) in [4.78, 5) is 21.0. The van der Waals surface area contributed by atoms with E-state index in [9.17, 15) is 9.59 Å². The monoisotopic (exact) mass is 204 g/mol. The van der Waals surface area contributed by atoms with Crippen LogP contribution < -0.4 is 0 Å². The van der Waals surface area contributed by atoms with Crippen molar-refractivity contribution in [3.05, 3.63) is 41.7 Å². The van der Waals surface area contributed by atoms with Crippen molar-refractivity contribution in [3.8, 4) is 0 Å². The quantitative estimate of drug-likeness (QED) is 0.302. The van der Waals surface area contributed by atoms with E-state index in [4.69, 9.17) is 4.74 Å². The van der Waals surface area contributed by atoms with Crippen molar-refractivity contribution in [2.24, 2.45) is 5.92 Å². The Hall–Kier alpha value is -1.86. The minimum atomic E-state index is -0.129. The molecule has 0 bridgehead atoms. The molecule has 0 saturated carbocycles. The number of allylic oxidation sites excluding steroid dienone is 6. The lowest BCUT2D eigenvalue weighted by atomic mass is 9.92. The Kier molecular flexibility index (Phi) is 4.32. The van der Waals surface area contributed by atoms with Crippen LogP contribution in [0.3, 0.4) is 0 Å². The molecule has 3 heteroatoms. The van der Waals surface area contributed by atoms with Crippen molar-refractivity contribution < 1.29 is 14.3 Å². The summed E-state index contributed by atoms with van der Waals surface area (Å²) in [7, 11) is 1.40. The third-order valence-electron chi connectivity index (χ3n) is 2.15. The maximum atomic E-state index is 10.7. The Bertz CT molecular complexity index is 368. The van der Waals surface area contributed by atoms with E-state index < -0.39 is 0 Å². The minimum absolute atomic E-state index is 0.120. The summed E-state index contributed by atoms with van der Waals surface area (Å²) in [6.45, 7) is 0. The smallest absolute Gasteiger partial charge is 0.203 e. The van der Waals surface area contributed by atoms with E-state index in [1.54, 1.807) is 12.0 Å². The van der Waals surface area contributed by atoms with E-state index in [0.717, 1.165) is 11.9 Å². The molecule has 0 aromatic carbocycles. The number of carbonyl (C=O) groups is 1. The van der Waals surface area contributed by atoms with Crippen LogP contribution in [-0.4, -0.2) is 19.3 Å². The van der Waals surface area contributed by atoms with Crippen molar-refractivity contribution in [1.29, 1.82) is 0 Å². The summed E-state index contributed by atoms with van der Waals surface area (Å²) >= 11 is 0. The molecule has 1 atom stereocenters. The Morgan fingerprint density at radius 3 is 3.07 bits per heavy atom. The zero-order valence-electron chi connectivity index (χ0n) is 8.47. The molecule has 0 saturated heterocycles. The summed E-state index contributed by atoms with van der Waals surface area (Å²) < 4.78 is 4.73. The summed E-state index contributed by atoms with van der Waals surface area (Å²) in [5, 5.41) is 0. The molecule has 0 amide bonds. The van der Waals surface area contributed by atoms with Gasteiger partial charge < -0.3 is 9.53 Å². The van der Waals surface area contributed by atoms with Gasteiger partial charge in [-0.05, 0) is 18.1 Å². The van der Waals surface area contributed by atoms with Gasteiger partial charge in [-0.1, -0.05) is 24.3 Å². The van der Waals surface area contributed by atoms with E-state index in [1.807, 2.05) is 18.2 Å². The Morgan fingerprint density at radius 2 is 2.47 bits per heavy atom. The van der Waals surface area contributed by atoms with Gasteiger partial charge >= 0.3 is 0 Å². The van der Waals surface area contributed by atoms with Crippen LogP contribution in [0.15, 0.2) is 41.7 Å². The van der Waals surface area contributed by atoms with Gasteiger partial charge in [-0.2, -0.15) is 0 Å². The molecule has 0 N–H and O–H groups in total. The maximum Gasteiger partial charge on any atom is 0.203 e. The van der Waals surface area contributed by atoms with Crippen molar-refractivity contribution in [3.63, 3.8) is 0 Å². The molecular weight excluding hydrogens is 192 g/mol. The van der Waals surface area contributed by atoms with Crippen LogP contribution >= 0.6 is 0 Å². The second-order valence-electron chi connectivity index (χ2n) is 3.08. The molecule has 1 aliphatic carbocycles. The lowest BCUT2D eigenvalue weighted by Crippen LogP contribution is -2.05. The first-order chi connectivity index (χ1) is 7.31. The fourth-order valence-corrected chi connectivity index (χ4v) is 1.29. The molecule has 0 radical (unpaired) electrons. The molecule has 3 nitrogen and oxygen atoms in total. The lowest BCUT2D eigenvalue weighted by Gasteiger charge is -2.11. The standard InChI is InChI=1S/C12H12O3/c1-15-12(9-14)7-6-10-4-2-3-5-11(10)8-13/h2-4,6-8,11H,5H2,1H3/b7-6+. The van der Waals surface area contributed by atoms with Crippen LogP contribution in [0.1, 0.15) is 6.42 Å². The summed E-state index contributed by atoms with van der Waals surface area (Å²) in [5.74, 6) is 1.64. The Morgan fingerprint density at radius 1 is 1.67 bits per heavy atom. The van der Waals surface area contributed by atoms with E-state index in [-0.39, 0.29) is 11.7 Å². The topological polar surface area (TPSA) is 43.4 Å². The fourth-order valence-electron chi connectivity index (χ4n) is 1.29. The minimum Gasteiger partial charge on any atom is -0.487 e. The van der Waals surface area contributed by atoms with Crippen LogP contribution in [0.5, 0.6) is 0 Å². The number of ether oxygens (including phenoxy) is 1. The highest BCUT2D eigenvalue weighted by molar-refractivity contribution is 5.63. The zero-order valence-corrected chi connectivity index (χ0v) is 8.47. The predicted molar refractivity (Wildman–Crippen MR) is 56.7 cm³/mol. The lowest BCUT2D eigenvalue weighted by molar-refractivity contribution is -0.110. The Labute approximate surface area is 88.4 Å². The third-order valence-corrected chi connectivity index (χ3v) is 2.15. The molecule has 0 fully saturated rings. The van der Waals surface area contributed by atoms with Crippen molar-refractivity contribution in [2.75, 3.05) is 7.11 Å². The first-order valence-electron chi connectivity index (χ1n) is 4.61. The van der Waals surface area contributed by atoms with Gasteiger partial charge in [0.05, 0.1) is 7.11 Å². The maximum absolute atomic E-state index is 10.7. The Balaban J connectivity index is 2.79. The van der Waals surface area contributed by atoms with Crippen molar-refractivity contribution in [1.82, 2.24) is 0 Å². The third kappa shape index (κ3) is 3.08. The van der Waals surface area contributed by atoms with Crippen LogP contribution in [0.4, 0.5) is 0 Å². The summed E-state index contributed by atoms with van der Waals surface area (Å²) in [6, 6.07) is 0. The molecule has 0 heterocycles. The van der Waals surface area contributed by atoms with Gasteiger partial charge in [0.15, 0.2) is 5.94 Å². The number of methoxy groups -OCH3 is 1. The van der Waals surface area contributed by atoms with Crippen LogP contribution in [-0.2, 0) is 14.3 Å². The number of hydrogen-bond donors (Lipinski definition) is 0. The largest absolute Gasteiger partial charge is 0.487 e. The van der Waals surface area contributed by atoms with E-state index >= 15 is 0 Å². The van der Waals surface area contributed by atoms with Gasteiger partial charge in [0.2, 0.25) is 5.76 Å². The zero-order chi connectivity index (χ0) is 11.1. The van der Waals surface area contributed by atoms with Gasteiger partial charge in [-0.15, -0.1) is 0 Å². The van der Waals surface area contributed by atoms with Gasteiger partial charge in [0.1, 0.15) is 6.29 Å². The average molecular weight is 204 g/mol. The molecule has 78 valence electrons. The van der Waals surface area contributed by atoms with Crippen LogP contribution in [0.25, 0.3) is 0 Å². The van der Waals surface area contributed by atoms with E-state index in [0.29, 0.717) is 6.42 Å². The van der Waals surface area contributed by atoms with Crippen LogP contribution in [0.2, 0.25) is 0 Å². The molecule has 0 aromatic heterocycles. The summed E-state index contributed by atoms with van der Waals surface area (Å²) in [6.07, 6.45) is 10.5. The van der Waals surface area contributed by atoms with Crippen molar-refractivity contribution in [2.45, 2.75) is 6.42 Å². The van der Waals surface area contributed by atoms with Gasteiger partial charge in [-0.3, -0.25) is 0 Å². The normalized spacial score (nSPS) is 19.5. The highest BCUT2D eigenvalue weighted by atomic mass is 16.5. The summed E-state index contributed by atoms with van der Waals surface area (Å²) in [5.41, 5.74) is 0.873. The molecule has 1 aliphatic rings.